The fourth-order valence-electron chi connectivity index (χ4n) is 5.64. The summed E-state index contributed by atoms with van der Waals surface area (Å²) in [5, 5.41) is 1.61. The third kappa shape index (κ3) is 7.20. The summed E-state index contributed by atoms with van der Waals surface area (Å²) >= 11 is 0. The van der Waals surface area contributed by atoms with Crippen LogP contribution in [0.2, 0.25) is 0 Å². The van der Waals surface area contributed by atoms with Crippen LogP contribution in [0.1, 0.15) is 100 Å². The number of hydrogen-bond acceptors (Lipinski definition) is 0. The number of fused-ring (bicyclic) bond motifs is 1. The topological polar surface area (TPSA) is 0 Å². The predicted molar refractivity (Wildman–Crippen MR) is 148 cm³/mol. The smallest absolute Gasteiger partial charge is 0.146 e. The Hall–Kier alpha value is -2.59. The molecule has 4 rings (SSSR count). The van der Waals surface area contributed by atoms with Gasteiger partial charge < -0.3 is 0 Å². The molecule has 0 aromatic heterocycles. The minimum Gasteiger partial charge on any atom is -0.205 e. The van der Waals surface area contributed by atoms with E-state index in [0.29, 0.717) is 10.9 Å². The molecule has 0 radical (unpaired) electrons. The SMILES string of the molecule is CCCCCC1CCC(CCc2ccc(C#Cc3ccc4cc(CCC)ccc4c3F)cc2)CC1. The molecule has 3 aromatic carbocycles. The summed E-state index contributed by atoms with van der Waals surface area (Å²) in [6, 6.07) is 18.4. The fraction of sp³-hybridized carbons (Fsp3) is 0.471. The molecule has 0 spiro atoms. The molecule has 0 saturated heterocycles. The first-order chi connectivity index (χ1) is 17.2. The summed E-state index contributed by atoms with van der Waals surface area (Å²) < 4.78 is 15.0. The molecule has 1 fully saturated rings. The van der Waals surface area contributed by atoms with Gasteiger partial charge in [0.1, 0.15) is 5.82 Å². The Morgan fingerprint density at radius 3 is 2.14 bits per heavy atom. The van der Waals surface area contributed by atoms with E-state index in [9.17, 15) is 0 Å². The van der Waals surface area contributed by atoms with Gasteiger partial charge >= 0.3 is 0 Å². The van der Waals surface area contributed by atoms with E-state index >= 15 is 4.39 Å². The van der Waals surface area contributed by atoms with Crippen molar-refractivity contribution in [2.24, 2.45) is 11.8 Å². The molecule has 0 nitrogen and oxygen atoms in total. The summed E-state index contributed by atoms with van der Waals surface area (Å²) in [5.41, 5.74) is 4.06. The highest BCUT2D eigenvalue weighted by Gasteiger charge is 2.20. The molecule has 0 N–H and O–H groups in total. The van der Waals surface area contributed by atoms with Gasteiger partial charge in [-0.15, -0.1) is 0 Å². The number of halogens is 1. The summed E-state index contributed by atoms with van der Waals surface area (Å²) in [5.74, 6) is 7.90. The molecule has 0 aliphatic heterocycles. The van der Waals surface area contributed by atoms with Crippen LogP contribution >= 0.6 is 0 Å². The number of unbranched alkanes of at least 4 members (excludes halogenated alkanes) is 2. The first kappa shape index (κ1) is 25.5. The molecular formula is C34H41F. The van der Waals surface area contributed by atoms with Crippen LogP contribution in [0.25, 0.3) is 10.8 Å². The first-order valence-corrected chi connectivity index (χ1v) is 14.0. The lowest BCUT2D eigenvalue weighted by Gasteiger charge is -2.28. The van der Waals surface area contributed by atoms with Gasteiger partial charge in [-0.25, -0.2) is 4.39 Å². The lowest BCUT2D eigenvalue weighted by atomic mass is 9.78. The monoisotopic (exact) mass is 468 g/mol. The van der Waals surface area contributed by atoms with Crippen LogP contribution in [0.5, 0.6) is 0 Å². The van der Waals surface area contributed by atoms with Crippen molar-refractivity contribution < 1.29 is 4.39 Å². The Bertz CT molecular complexity index is 1140. The van der Waals surface area contributed by atoms with Crippen molar-refractivity contribution in [1.29, 1.82) is 0 Å². The second kappa shape index (κ2) is 12.9. The summed E-state index contributed by atoms with van der Waals surface area (Å²) in [6.07, 6.45) is 15.9. The van der Waals surface area contributed by atoms with Crippen LogP contribution in [-0.4, -0.2) is 0 Å². The highest BCUT2D eigenvalue weighted by molar-refractivity contribution is 5.85. The van der Waals surface area contributed by atoms with Gasteiger partial charge in [0.05, 0.1) is 5.56 Å². The molecular weight excluding hydrogens is 427 g/mol. The molecule has 0 amide bonds. The molecule has 1 heteroatoms. The number of hydrogen-bond donors (Lipinski definition) is 0. The van der Waals surface area contributed by atoms with Crippen LogP contribution in [0, 0.1) is 29.5 Å². The lowest BCUT2D eigenvalue weighted by molar-refractivity contribution is 0.249. The van der Waals surface area contributed by atoms with Gasteiger partial charge in [0.25, 0.3) is 0 Å². The van der Waals surface area contributed by atoms with Crippen molar-refractivity contribution >= 4 is 10.8 Å². The third-order valence-electron chi connectivity index (χ3n) is 7.88. The lowest BCUT2D eigenvalue weighted by Crippen LogP contribution is -2.15. The predicted octanol–water partition coefficient (Wildman–Crippen LogP) is 9.65. The maximum absolute atomic E-state index is 15.0. The summed E-state index contributed by atoms with van der Waals surface area (Å²) in [7, 11) is 0. The number of rotatable bonds is 9. The van der Waals surface area contributed by atoms with Crippen molar-refractivity contribution in [3.63, 3.8) is 0 Å². The second-order valence-electron chi connectivity index (χ2n) is 10.6. The van der Waals surface area contributed by atoms with E-state index < -0.39 is 0 Å². The van der Waals surface area contributed by atoms with Crippen molar-refractivity contribution in [3.8, 4) is 11.8 Å². The molecule has 1 aliphatic rings. The Kier molecular flexibility index (Phi) is 9.42. The van der Waals surface area contributed by atoms with E-state index in [2.05, 4.69) is 56.0 Å². The standard InChI is InChI=1S/C34H41F/c1-3-5-6-8-26-9-11-27(12-10-26)13-14-28-15-17-29(18-16-28)19-21-31-22-23-32-25-30(7-4-2)20-24-33(32)34(31)35/h15-18,20,22-27H,3-14H2,1-2H3. The molecule has 1 aliphatic carbocycles. The van der Waals surface area contributed by atoms with Crippen LogP contribution in [0.3, 0.4) is 0 Å². The van der Waals surface area contributed by atoms with Gasteiger partial charge in [0.2, 0.25) is 0 Å². The van der Waals surface area contributed by atoms with E-state index in [1.807, 2.05) is 24.3 Å². The van der Waals surface area contributed by atoms with Crippen LogP contribution in [-0.2, 0) is 12.8 Å². The highest BCUT2D eigenvalue weighted by atomic mass is 19.1. The minimum absolute atomic E-state index is 0.213. The molecule has 0 heterocycles. The van der Waals surface area contributed by atoms with Gasteiger partial charge in [0, 0.05) is 10.9 Å². The van der Waals surface area contributed by atoms with Gasteiger partial charge in [-0.3, -0.25) is 0 Å². The van der Waals surface area contributed by atoms with Crippen molar-refractivity contribution in [3.05, 3.63) is 82.7 Å². The molecule has 0 bridgehead atoms. The average Bonchev–Trinajstić information content (AvgIpc) is 2.89. The Balaban J connectivity index is 1.30. The molecule has 35 heavy (non-hydrogen) atoms. The maximum Gasteiger partial charge on any atom is 0.146 e. The Labute approximate surface area is 212 Å². The van der Waals surface area contributed by atoms with E-state index in [0.717, 1.165) is 42.0 Å². The van der Waals surface area contributed by atoms with Gasteiger partial charge in [-0.2, -0.15) is 0 Å². The highest BCUT2D eigenvalue weighted by Crippen LogP contribution is 2.34. The van der Waals surface area contributed by atoms with Crippen LogP contribution < -0.4 is 0 Å². The Morgan fingerprint density at radius 1 is 0.714 bits per heavy atom. The minimum atomic E-state index is -0.213. The van der Waals surface area contributed by atoms with E-state index in [1.54, 1.807) is 0 Å². The van der Waals surface area contributed by atoms with Gasteiger partial charge in [-0.1, -0.05) is 120 Å². The number of benzene rings is 3. The molecule has 3 aromatic rings. The second-order valence-corrected chi connectivity index (χ2v) is 10.6. The molecule has 0 atom stereocenters. The van der Waals surface area contributed by atoms with Gasteiger partial charge in [-0.05, 0) is 65.8 Å². The first-order valence-electron chi connectivity index (χ1n) is 14.0. The zero-order chi connectivity index (χ0) is 24.5. The van der Waals surface area contributed by atoms with Crippen molar-refractivity contribution in [2.75, 3.05) is 0 Å². The van der Waals surface area contributed by atoms with E-state index in [-0.39, 0.29) is 5.82 Å². The largest absolute Gasteiger partial charge is 0.205 e. The van der Waals surface area contributed by atoms with Gasteiger partial charge in [0.15, 0.2) is 0 Å². The van der Waals surface area contributed by atoms with Crippen LogP contribution in [0.15, 0.2) is 54.6 Å². The van der Waals surface area contributed by atoms with E-state index in [4.69, 9.17) is 0 Å². The average molecular weight is 469 g/mol. The molecule has 0 unspecified atom stereocenters. The number of aryl methyl sites for hydroxylation is 2. The zero-order valence-electron chi connectivity index (χ0n) is 21.7. The quantitative estimate of drug-likeness (QED) is 0.216. The van der Waals surface area contributed by atoms with E-state index in [1.165, 1.54) is 68.9 Å². The molecule has 184 valence electrons. The van der Waals surface area contributed by atoms with Crippen LogP contribution in [0.4, 0.5) is 4.39 Å². The van der Waals surface area contributed by atoms with Crippen molar-refractivity contribution in [1.82, 2.24) is 0 Å². The molecule has 1 saturated carbocycles. The fourth-order valence-corrected chi connectivity index (χ4v) is 5.64. The Morgan fingerprint density at radius 2 is 1.43 bits per heavy atom. The zero-order valence-corrected chi connectivity index (χ0v) is 21.7. The normalized spacial score (nSPS) is 17.8. The summed E-state index contributed by atoms with van der Waals surface area (Å²) in [4.78, 5) is 0. The van der Waals surface area contributed by atoms with Crippen molar-refractivity contribution in [2.45, 2.75) is 90.9 Å². The third-order valence-corrected chi connectivity index (χ3v) is 7.88. The maximum atomic E-state index is 15.0. The summed E-state index contributed by atoms with van der Waals surface area (Å²) in [6.45, 7) is 4.46.